The van der Waals surface area contributed by atoms with Crippen molar-refractivity contribution >= 4 is 40.0 Å². The Morgan fingerprint density at radius 1 is 1.55 bits per heavy atom. The number of halogens is 3. The van der Waals surface area contributed by atoms with E-state index < -0.39 is 0 Å². The molecule has 1 N–H and O–H groups in total. The fourth-order valence-electron chi connectivity index (χ4n) is 0.422. The second-order valence-corrected chi connectivity index (χ2v) is 3.27. The van der Waals surface area contributed by atoms with E-state index >= 15 is 0 Å². The van der Waals surface area contributed by atoms with Gasteiger partial charge in [0.25, 0.3) is 0 Å². The highest BCUT2D eigenvalue weighted by atomic mass is 35.5. The van der Waals surface area contributed by atoms with Crippen molar-refractivity contribution in [2.45, 2.75) is 12.3 Å². The van der Waals surface area contributed by atoms with Crippen molar-refractivity contribution in [1.82, 2.24) is 5.43 Å². The minimum atomic E-state index is -0.150. The molecule has 0 amide bonds. The van der Waals surface area contributed by atoms with Gasteiger partial charge in [-0.25, -0.2) is 0 Å². The minimum absolute atomic E-state index is 0.150. The van der Waals surface area contributed by atoms with Gasteiger partial charge in [0, 0.05) is 7.05 Å². The molecule has 0 aliphatic heterocycles. The Kier molecular flexibility index (Phi) is 5.74. The van der Waals surface area contributed by atoms with E-state index in [1.165, 1.54) is 0 Å². The summed E-state index contributed by atoms with van der Waals surface area (Å²) >= 11 is 16.9. The maximum Gasteiger partial charge on any atom is 0.167 e. The number of nitrogens with zero attached hydrogens (tertiary/aromatic N) is 1. The van der Waals surface area contributed by atoms with E-state index in [9.17, 15) is 0 Å². The molecule has 0 saturated heterocycles. The maximum atomic E-state index is 5.68. The average molecular weight is 216 g/mol. The highest BCUT2D eigenvalue weighted by Crippen LogP contribution is 2.11. The van der Waals surface area contributed by atoms with Gasteiger partial charge >= 0.3 is 0 Å². The van der Waals surface area contributed by atoms with Crippen molar-refractivity contribution in [1.29, 1.82) is 0 Å². The van der Waals surface area contributed by atoms with Gasteiger partial charge in [-0.2, -0.15) is 5.10 Å². The van der Waals surface area contributed by atoms with Crippen LogP contribution in [0.2, 0.25) is 0 Å². The molecule has 0 aliphatic carbocycles. The zero-order valence-corrected chi connectivity index (χ0v) is 8.50. The topological polar surface area (TPSA) is 24.4 Å². The summed E-state index contributed by atoms with van der Waals surface area (Å²) in [7, 11) is 1.64. The summed E-state index contributed by atoms with van der Waals surface area (Å²) in [5.41, 5.74) is 2.51. The molecule has 1 unspecified atom stereocenters. The molecule has 2 nitrogen and oxygen atoms in total. The van der Waals surface area contributed by atoms with Crippen molar-refractivity contribution in [3.63, 3.8) is 0 Å². The summed E-state index contributed by atoms with van der Waals surface area (Å²) in [4.78, 5) is 0. The lowest BCUT2D eigenvalue weighted by Gasteiger charge is -1.96. The van der Waals surface area contributed by atoms with Gasteiger partial charge in [0.1, 0.15) is 0 Å². The molecule has 0 saturated carbocycles. The number of hydrazone groups is 1. The van der Waals surface area contributed by atoms with Crippen molar-refractivity contribution in [3.8, 4) is 0 Å². The molecule has 0 aromatic rings. The van der Waals surface area contributed by atoms with Crippen LogP contribution in [0.3, 0.4) is 0 Å². The first-order chi connectivity index (χ1) is 5.07. The third-order valence-corrected chi connectivity index (χ3v) is 1.60. The van der Waals surface area contributed by atoms with Crippen molar-refractivity contribution < 1.29 is 0 Å². The third-order valence-electron chi connectivity index (χ3n) is 0.783. The lowest BCUT2D eigenvalue weighted by Crippen LogP contribution is -2.00. The van der Waals surface area contributed by atoms with E-state index in [0.29, 0.717) is 5.03 Å². The van der Waals surface area contributed by atoms with Crippen LogP contribution in [-0.2, 0) is 0 Å². The summed E-state index contributed by atoms with van der Waals surface area (Å²) in [6.07, 6.45) is 1.60. The van der Waals surface area contributed by atoms with Gasteiger partial charge in [0.05, 0.1) is 10.4 Å². The molecule has 0 aromatic carbocycles. The van der Waals surface area contributed by atoms with E-state index in [2.05, 4.69) is 10.5 Å². The van der Waals surface area contributed by atoms with Gasteiger partial charge in [-0.05, 0) is 13.0 Å². The smallest absolute Gasteiger partial charge is 0.167 e. The second kappa shape index (κ2) is 5.70. The number of rotatable bonds is 3. The number of hydrogen-bond donors (Lipinski definition) is 1. The quantitative estimate of drug-likeness (QED) is 0.437. The first-order valence-electron chi connectivity index (χ1n) is 2.99. The van der Waals surface area contributed by atoms with E-state index in [1.807, 2.05) is 0 Å². The normalized spacial score (nSPS) is 16.5. The van der Waals surface area contributed by atoms with Crippen molar-refractivity contribution in [2.24, 2.45) is 5.10 Å². The number of allylic oxidation sites excluding steroid dienone is 2. The van der Waals surface area contributed by atoms with Gasteiger partial charge in [0.2, 0.25) is 0 Å². The molecule has 1 atom stereocenters. The summed E-state index contributed by atoms with van der Waals surface area (Å²) in [5.74, 6) is 0. The average Bonchev–Trinajstić information content (AvgIpc) is 1.86. The molecule has 11 heavy (non-hydrogen) atoms. The lowest BCUT2D eigenvalue weighted by atomic mass is 10.4. The van der Waals surface area contributed by atoms with E-state index in [0.717, 1.165) is 0 Å². The summed E-state index contributed by atoms with van der Waals surface area (Å²) < 4.78 is 0. The Hall–Kier alpha value is 0.0800. The van der Waals surface area contributed by atoms with Crippen LogP contribution in [0.15, 0.2) is 16.2 Å². The molecular weight excluding hydrogens is 206 g/mol. The molecule has 64 valence electrons. The molecule has 0 aliphatic rings. The first-order valence-corrected chi connectivity index (χ1v) is 4.19. The van der Waals surface area contributed by atoms with Crippen LogP contribution in [0, 0.1) is 0 Å². The number of alkyl halides is 1. The van der Waals surface area contributed by atoms with Crippen LogP contribution < -0.4 is 5.43 Å². The van der Waals surface area contributed by atoms with Gasteiger partial charge in [-0.15, -0.1) is 11.6 Å². The minimum Gasteiger partial charge on any atom is -0.312 e. The van der Waals surface area contributed by atoms with Crippen LogP contribution in [0.25, 0.3) is 0 Å². The SMILES string of the molecule is CN/N=C(Cl)\C(Cl)=C/C(C)Cl. The summed E-state index contributed by atoms with van der Waals surface area (Å²) in [5, 5.41) is 4.06. The highest BCUT2D eigenvalue weighted by Gasteiger charge is 2.01. The molecule has 0 radical (unpaired) electrons. The Bertz CT molecular complexity index is 175. The Labute approximate surface area is 81.2 Å². The Morgan fingerprint density at radius 2 is 2.09 bits per heavy atom. The molecule has 0 heterocycles. The van der Waals surface area contributed by atoms with Crippen molar-refractivity contribution in [3.05, 3.63) is 11.1 Å². The van der Waals surface area contributed by atoms with E-state index in [-0.39, 0.29) is 10.5 Å². The fraction of sp³-hybridized carbons (Fsp3) is 0.500. The van der Waals surface area contributed by atoms with Crippen LogP contribution >= 0.6 is 34.8 Å². The lowest BCUT2D eigenvalue weighted by molar-refractivity contribution is 0.906. The molecule has 0 fully saturated rings. The predicted molar refractivity (Wildman–Crippen MR) is 51.6 cm³/mol. The van der Waals surface area contributed by atoms with Crippen LogP contribution in [0.5, 0.6) is 0 Å². The molecule has 0 aromatic heterocycles. The van der Waals surface area contributed by atoms with Gasteiger partial charge in [-0.3, -0.25) is 0 Å². The predicted octanol–water partition coefficient (Wildman–Crippen LogP) is 2.51. The summed E-state index contributed by atoms with van der Waals surface area (Å²) in [6.45, 7) is 1.79. The Morgan fingerprint density at radius 3 is 2.45 bits per heavy atom. The first kappa shape index (κ1) is 11.1. The number of nitrogens with one attached hydrogen (secondary N) is 1. The number of hydrogen-bond acceptors (Lipinski definition) is 2. The summed E-state index contributed by atoms with van der Waals surface area (Å²) in [6, 6.07) is 0. The monoisotopic (exact) mass is 214 g/mol. The van der Waals surface area contributed by atoms with Gasteiger partial charge in [0.15, 0.2) is 5.17 Å². The van der Waals surface area contributed by atoms with Gasteiger partial charge in [-0.1, -0.05) is 23.2 Å². The molecular formula is C6H9Cl3N2. The largest absolute Gasteiger partial charge is 0.312 e. The molecule has 5 heteroatoms. The van der Waals surface area contributed by atoms with Crippen LogP contribution in [-0.4, -0.2) is 17.6 Å². The zero-order valence-electron chi connectivity index (χ0n) is 6.24. The standard InChI is InChI=1S/C6H9Cl3N2/c1-4(7)3-5(8)6(9)11-10-2/h3-4,10H,1-2H3/b5-3+,11-6+. The highest BCUT2D eigenvalue weighted by molar-refractivity contribution is 6.75. The maximum absolute atomic E-state index is 5.68. The molecule has 0 spiro atoms. The van der Waals surface area contributed by atoms with Crippen molar-refractivity contribution in [2.75, 3.05) is 7.05 Å². The molecule has 0 bridgehead atoms. The van der Waals surface area contributed by atoms with Gasteiger partial charge < -0.3 is 5.43 Å². The third kappa shape index (κ3) is 5.36. The Balaban J connectivity index is 4.23. The van der Waals surface area contributed by atoms with Crippen LogP contribution in [0.4, 0.5) is 0 Å². The van der Waals surface area contributed by atoms with E-state index in [1.54, 1.807) is 20.0 Å². The second-order valence-electron chi connectivity index (χ2n) is 1.82. The molecule has 0 rings (SSSR count). The fourth-order valence-corrected chi connectivity index (χ4v) is 0.991. The van der Waals surface area contributed by atoms with E-state index in [4.69, 9.17) is 34.8 Å². The van der Waals surface area contributed by atoms with Crippen LogP contribution in [0.1, 0.15) is 6.92 Å². The zero-order chi connectivity index (χ0) is 8.85.